The molecule has 2 saturated carbocycles. The van der Waals surface area contributed by atoms with Crippen molar-refractivity contribution in [3.05, 3.63) is 58.1 Å². The van der Waals surface area contributed by atoms with Gasteiger partial charge in [0.2, 0.25) is 5.95 Å². The Bertz CT molecular complexity index is 1480. The lowest BCUT2D eigenvalue weighted by atomic mass is 9.92. The molecule has 174 valence electrons. The fraction of sp³-hybridized carbons (Fsp3) is 0.440. The summed E-state index contributed by atoms with van der Waals surface area (Å²) in [6.07, 6.45) is 9.37. The van der Waals surface area contributed by atoms with E-state index in [1.807, 2.05) is 35.5 Å². The summed E-state index contributed by atoms with van der Waals surface area (Å²) in [5.41, 5.74) is 4.45. The number of benzene rings is 1. The number of fused-ring (bicyclic) bond motifs is 3. The summed E-state index contributed by atoms with van der Waals surface area (Å²) in [6.45, 7) is 5.01. The molecule has 3 aliphatic rings. The molecule has 9 heteroatoms. The third-order valence-electron chi connectivity index (χ3n) is 7.33. The second-order valence-electron chi connectivity index (χ2n) is 10.1. The van der Waals surface area contributed by atoms with E-state index < -0.39 is 0 Å². The maximum Gasteiger partial charge on any atom is 0.278 e. The lowest BCUT2D eigenvalue weighted by molar-refractivity contribution is 0.468. The highest BCUT2D eigenvalue weighted by atomic mass is 16.1. The van der Waals surface area contributed by atoms with Gasteiger partial charge < -0.3 is 10.6 Å². The van der Waals surface area contributed by atoms with Crippen LogP contribution in [-0.2, 0) is 12.0 Å². The van der Waals surface area contributed by atoms with E-state index in [1.165, 1.54) is 24.0 Å². The molecule has 3 aromatic heterocycles. The standard InChI is InChI=1S/C25H28N8O/c1-15(2)32-23(34)19-14-26-24(29-22(19)33(32)21-8-12-31(30-21)18-4-5-18)28-17-3-6-20-16(13-17)7-11-27-25(20)9-10-25/h3,6,8,12-15,18,27H,4-5,7,9-11H2,1-2H3,(H,26,28,29). The second-order valence-corrected chi connectivity index (χ2v) is 10.1. The van der Waals surface area contributed by atoms with Crippen molar-refractivity contribution in [3.63, 3.8) is 0 Å². The van der Waals surface area contributed by atoms with Crippen LogP contribution < -0.4 is 16.2 Å². The van der Waals surface area contributed by atoms with Gasteiger partial charge in [0.1, 0.15) is 5.39 Å². The lowest BCUT2D eigenvalue weighted by Gasteiger charge is -2.27. The molecule has 1 spiro atoms. The molecule has 0 radical (unpaired) electrons. The van der Waals surface area contributed by atoms with Gasteiger partial charge in [-0.15, -0.1) is 0 Å². The molecule has 7 rings (SSSR count). The van der Waals surface area contributed by atoms with Crippen molar-refractivity contribution in [3.8, 4) is 5.82 Å². The van der Waals surface area contributed by atoms with Gasteiger partial charge in [0.25, 0.3) is 5.56 Å². The highest BCUT2D eigenvalue weighted by Gasteiger charge is 2.46. The molecule has 9 nitrogen and oxygen atoms in total. The highest BCUT2D eigenvalue weighted by molar-refractivity contribution is 5.77. The molecule has 0 bridgehead atoms. The van der Waals surface area contributed by atoms with Gasteiger partial charge in [0.05, 0.1) is 6.04 Å². The van der Waals surface area contributed by atoms with Crippen LogP contribution in [0.25, 0.3) is 16.9 Å². The molecule has 4 heterocycles. The first-order chi connectivity index (χ1) is 16.5. The van der Waals surface area contributed by atoms with Crippen molar-refractivity contribution in [1.82, 2.24) is 34.4 Å². The van der Waals surface area contributed by atoms with Crippen LogP contribution in [0, 0.1) is 0 Å². The Morgan fingerprint density at radius 2 is 2.06 bits per heavy atom. The van der Waals surface area contributed by atoms with Crippen LogP contribution in [0.4, 0.5) is 11.6 Å². The average Bonchev–Trinajstić information content (AvgIpc) is 3.74. The minimum atomic E-state index is -0.103. The Hall–Kier alpha value is -3.46. The van der Waals surface area contributed by atoms with E-state index in [-0.39, 0.29) is 17.1 Å². The number of hydrogen-bond donors (Lipinski definition) is 2. The number of nitrogens with one attached hydrogen (secondary N) is 2. The Balaban J connectivity index is 1.30. The van der Waals surface area contributed by atoms with E-state index in [4.69, 9.17) is 10.1 Å². The highest BCUT2D eigenvalue weighted by Crippen LogP contribution is 2.49. The predicted molar refractivity (Wildman–Crippen MR) is 130 cm³/mol. The number of hydrogen-bond acceptors (Lipinski definition) is 6. The molecular weight excluding hydrogens is 428 g/mol. The van der Waals surface area contributed by atoms with Crippen LogP contribution in [0.1, 0.15) is 62.7 Å². The number of aromatic nitrogens is 6. The van der Waals surface area contributed by atoms with Gasteiger partial charge in [-0.05, 0) is 69.2 Å². The zero-order valence-corrected chi connectivity index (χ0v) is 19.5. The lowest BCUT2D eigenvalue weighted by Crippen LogP contribution is -2.36. The third-order valence-corrected chi connectivity index (χ3v) is 7.33. The van der Waals surface area contributed by atoms with E-state index in [9.17, 15) is 4.79 Å². The first-order valence-electron chi connectivity index (χ1n) is 12.2. The maximum atomic E-state index is 13.2. The summed E-state index contributed by atoms with van der Waals surface area (Å²) in [5, 5.41) is 12.3. The van der Waals surface area contributed by atoms with Gasteiger partial charge in [-0.25, -0.2) is 14.3 Å². The van der Waals surface area contributed by atoms with E-state index in [0.29, 0.717) is 28.8 Å². The summed E-state index contributed by atoms with van der Waals surface area (Å²) < 4.78 is 5.54. The minimum Gasteiger partial charge on any atom is -0.324 e. The molecule has 0 saturated heterocycles. The van der Waals surface area contributed by atoms with Crippen molar-refractivity contribution in [2.75, 3.05) is 11.9 Å². The van der Waals surface area contributed by atoms with Crippen molar-refractivity contribution >= 4 is 22.7 Å². The summed E-state index contributed by atoms with van der Waals surface area (Å²) >= 11 is 0. The Labute approximate surface area is 196 Å². The fourth-order valence-electron chi connectivity index (χ4n) is 5.31. The second kappa shape index (κ2) is 7.02. The van der Waals surface area contributed by atoms with Crippen LogP contribution in [0.5, 0.6) is 0 Å². The number of rotatable bonds is 5. The largest absolute Gasteiger partial charge is 0.324 e. The van der Waals surface area contributed by atoms with Gasteiger partial charge in [-0.2, -0.15) is 10.1 Å². The topological polar surface area (TPSA) is 94.6 Å². The SMILES string of the molecule is CC(C)n1c(=O)c2cnc(Nc3ccc4c(c3)CCNC43CC3)nc2n1-c1ccn(C2CC2)n1. The van der Waals surface area contributed by atoms with E-state index >= 15 is 0 Å². The summed E-state index contributed by atoms with van der Waals surface area (Å²) in [5.74, 6) is 1.17. The number of anilines is 2. The van der Waals surface area contributed by atoms with Crippen LogP contribution in [0.15, 0.2) is 41.5 Å². The minimum absolute atomic E-state index is 0.0480. The predicted octanol–water partition coefficient (Wildman–Crippen LogP) is 3.57. The number of nitrogens with zero attached hydrogens (tertiary/aromatic N) is 6. The van der Waals surface area contributed by atoms with Crippen molar-refractivity contribution in [2.24, 2.45) is 0 Å². The molecule has 34 heavy (non-hydrogen) atoms. The first kappa shape index (κ1) is 20.0. The molecule has 2 fully saturated rings. The van der Waals surface area contributed by atoms with Crippen molar-refractivity contribution in [2.45, 2.75) is 63.6 Å². The third kappa shape index (κ3) is 3.03. The molecule has 4 aromatic rings. The van der Waals surface area contributed by atoms with Crippen LogP contribution in [0.2, 0.25) is 0 Å². The van der Waals surface area contributed by atoms with Gasteiger partial charge in [0.15, 0.2) is 11.5 Å². The first-order valence-corrected chi connectivity index (χ1v) is 12.2. The molecule has 0 atom stereocenters. The Kier molecular flexibility index (Phi) is 4.12. The zero-order chi connectivity index (χ0) is 23.0. The molecule has 2 aliphatic carbocycles. The monoisotopic (exact) mass is 456 g/mol. The maximum absolute atomic E-state index is 13.2. The summed E-state index contributed by atoms with van der Waals surface area (Å²) in [4.78, 5) is 22.5. The average molecular weight is 457 g/mol. The van der Waals surface area contributed by atoms with E-state index in [0.717, 1.165) is 31.5 Å². The molecular formula is C25H28N8O. The molecule has 0 amide bonds. The van der Waals surface area contributed by atoms with E-state index in [1.54, 1.807) is 10.9 Å². The Morgan fingerprint density at radius 3 is 2.82 bits per heavy atom. The van der Waals surface area contributed by atoms with Gasteiger partial charge >= 0.3 is 0 Å². The molecule has 2 N–H and O–H groups in total. The zero-order valence-electron chi connectivity index (χ0n) is 19.5. The van der Waals surface area contributed by atoms with Gasteiger partial charge in [-0.3, -0.25) is 9.48 Å². The van der Waals surface area contributed by atoms with Crippen molar-refractivity contribution < 1.29 is 0 Å². The van der Waals surface area contributed by atoms with Crippen molar-refractivity contribution in [1.29, 1.82) is 0 Å². The Morgan fingerprint density at radius 1 is 1.21 bits per heavy atom. The van der Waals surface area contributed by atoms with Crippen LogP contribution in [0.3, 0.4) is 0 Å². The van der Waals surface area contributed by atoms with E-state index in [2.05, 4.69) is 33.8 Å². The smallest absolute Gasteiger partial charge is 0.278 e. The summed E-state index contributed by atoms with van der Waals surface area (Å²) in [6, 6.07) is 8.92. The summed E-state index contributed by atoms with van der Waals surface area (Å²) in [7, 11) is 0. The van der Waals surface area contributed by atoms with Crippen LogP contribution >= 0.6 is 0 Å². The quantitative estimate of drug-likeness (QED) is 0.477. The van der Waals surface area contributed by atoms with Crippen LogP contribution in [-0.4, -0.2) is 35.7 Å². The molecule has 0 unspecified atom stereocenters. The molecule has 1 aromatic carbocycles. The molecule has 1 aliphatic heterocycles. The van der Waals surface area contributed by atoms with Gasteiger partial charge in [0, 0.05) is 42.3 Å². The van der Waals surface area contributed by atoms with Gasteiger partial charge in [-0.1, -0.05) is 6.07 Å². The normalized spacial score (nSPS) is 18.6. The fourth-order valence-corrected chi connectivity index (χ4v) is 5.31.